The van der Waals surface area contributed by atoms with Crippen LogP contribution in [0.25, 0.3) is 16.0 Å². The second-order valence-electron chi connectivity index (χ2n) is 6.06. The SMILES string of the molecule is CCCn1c(=O)c2sccc2n2c(SCC(=O)Nc3cccc(F)c3)nnc12. The van der Waals surface area contributed by atoms with Crippen LogP contribution in [-0.4, -0.2) is 30.8 Å². The first kappa shape index (κ1) is 18.6. The van der Waals surface area contributed by atoms with Crippen molar-refractivity contribution in [1.29, 1.82) is 0 Å². The third-order valence-electron chi connectivity index (χ3n) is 4.07. The Morgan fingerprint density at radius 1 is 1.32 bits per heavy atom. The van der Waals surface area contributed by atoms with Gasteiger partial charge < -0.3 is 5.32 Å². The van der Waals surface area contributed by atoms with Crippen molar-refractivity contribution in [3.63, 3.8) is 0 Å². The minimum atomic E-state index is -0.414. The summed E-state index contributed by atoms with van der Waals surface area (Å²) in [5.74, 6) is -0.153. The van der Waals surface area contributed by atoms with E-state index >= 15 is 0 Å². The van der Waals surface area contributed by atoms with Gasteiger partial charge >= 0.3 is 0 Å². The maximum Gasteiger partial charge on any atom is 0.272 e. The molecule has 0 aliphatic rings. The first-order chi connectivity index (χ1) is 13.6. The van der Waals surface area contributed by atoms with E-state index in [0.717, 1.165) is 11.9 Å². The van der Waals surface area contributed by atoms with Crippen LogP contribution in [0.5, 0.6) is 0 Å². The van der Waals surface area contributed by atoms with Gasteiger partial charge in [0.2, 0.25) is 11.7 Å². The number of nitrogens with zero attached hydrogens (tertiary/aromatic N) is 4. The van der Waals surface area contributed by atoms with Gasteiger partial charge in [-0.1, -0.05) is 24.8 Å². The molecule has 3 heterocycles. The number of amides is 1. The number of aromatic nitrogens is 4. The Morgan fingerprint density at radius 2 is 2.18 bits per heavy atom. The summed E-state index contributed by atoms with van der Waals surface area (Å²) in [7, 11) is 0. The van der Waals surface area contributed by atoms with Crippen LogP contribution in [-0.2, 0) is 11.3 Å². The highest BCUT2D eigenvalue weighted by atomic mass is 32.2. The fourth-order valence-electron chi connectivity index (χ4n) is 2.91. The molecular weight excluding hydrogens is 401 g/mol. The molecule has 0 bridgehead atoms. The minimum absolute atomic E-state index is 0.0767. The Morgan fingerprint density at radius 3 is 2.96 bits per heavy atom. The maximum absolute atomic E-state index is 13.2. The van der Waals surface area contributed by atoms with Crippen molar-refractivity contribution >= 4 is 50.7 Å². The molecule has 0 unspecified atom stereocenters. The average Bonchev–Trinajstić information content (AvgIpc) is 3.30. The van der Waals surface area contributed by atoms with Crippen molar-refractivity contribution in [2.75, 3.05) is 11.1 Å². The zero-order valence-electron chi connectivity index (χ0n) is 14.9. The third-order valence-corrected chi connectivity index (χ3v) is 5.89. The van der Waals surface area contributed by atoms with Crippen molar-refractivity contribution in [2.24, 2.45) is 0 Å². The van der Waals surface area contributed by atoms with Crippen molar-refractivity contribution in [3.8, 4) is 0 Å². The number of thioether (sulfide) groups is 1. The van der Waals surface area contributed by atoms with Crippen molar-refractivity contribution in [2.45, 2.75) is 25.0 Å². The van der Waals surface area contributed by atoms with E-state index in [1.165, 1.54) is 41.3 Å². The minimum Gasteiger partial charge on any atom is -0.325 e. The lowest BCUT2D eigenvalue weighted by Gasteiger charge is -2.08. The second-order valence-corrected chi connectivity index (χ2v) is 7.92. The van der Waals surface area contributed by atoms with Crippen molar-refractivity contribution in [3.05, 3.63) is 51.9 Å². The number of nitrogens with one attached hydrogen (secondary N) is 1. The van der Waals surface area contributed by atoms with Crippen LogP contribution < -0.4 is 10.9 Å². The molecule has 28 heavy (non-hydrogen) atoms. The standard InChI is InChI=1S/C18H16FN5O2S2/c1-2-7-23-16(26)15-13(6-8-27-15)24-17(23)21-22-18(24)28-10-14(25)20-12-5-3-4-11(19)9-12/h3-6,8-9H,2,7,10H2,1H3,(H,20,25). The van der Waals surface area contributed by atoms with E-state index < -0.39 is 5.82 Å². The zero-order chi connectivity index (χ0) is 19.7. The molecule has 0 radical (unpaired) electrons. The Balaban J connectivity index is 1.63. The van der Waals surface area contributed by atoms with Gasteiger partial charge in [-0.3, -0.25) is 18.6 Å². The summed E-state index contributed by atoms with van der Waals surface area (Å²) in [4.78, 5) is 24.9. The summed E-state index contributed by atoms with van der Waals surface area (Å²) in [5.41, 5.74) is 1.05. The smallest absolute Gasteiger partial charge is 0.272 e. The Bertz CT molecular complexity index is 1230. The lowest BCUT2D eigenvalue weighted by molar-refractivity contribution is -0.113. The predicted molar refractivity (Wildman–Crippen MR) is 109 cm³/mol. The second kappa shape index (κ2) is 7.72. The maximum atomic E-state index is 13.2. The van der Waals surface area contributed by atoms with E-state index in [1.54, 1.807) is 10.6 Å². The Labute approximate surface area is 167 Å². The van der Waals surface area contributed by atoms with E-state index in [0.29, 0.717) is 27.9 Å². The van der Waals surface area contributed by atoms with Gasteiger partial charge in [-0.25, -0.2) is 4.39 Å². The molecule has 10 heteroatoms. The summed E-state index contributed by atoms with van der Waals surface area (Å²) in [6, 6.07) is 7.58. The van der Waals surface area contributed by atoms with Gasteiger partial charge in [0.15, 0.2) is 5.16 Å². The van der Waals surface area contributed by atoms with Crippen LogP contribution in [0, 0.1) is 5.82 Å². The molecule has 1 aromatic carbocycles. The summed E-state index contributed by atoms with van der Waals surface area (Å²) < 4.78 is 17.3. The summed E-state index contributed by atoms with van der Waals surface area (Å²) in [6.45, 7) is 2.53. The molecule has 4 aromatic rings. The van der Waals surface area contributed by atoms with E-state index in [-0.39, 0.29) is 17.2 Å². The zero-order valence-corrected chi connectivity index (χ0v) is 16.5. The van der Waals surface area contributed by atoms with Gasteiger partial charge in [0.25, 0.3) is 5.56 Å². The number of carbonyl (C=O) groups excluding carboxylic acids is 1. The number of anilines is 1. The number of halogens is 1. The van der Waals surface area contributed by atoms with E-state index in [2.05, 4.69) is 15.5 Å². The number of hydrogen-bond donors (Lipinski definition) is 1. The lowest BCUT2D eigenvalue weighted by atomic mass is 10.3. The molecule has 1 amide bonds. The number of aryl methyl sites for hydroxylation is 1. The van der Waals surface area contributed by atoms with Gasteiger partial charge in [0, 0.05) is 12.2 Å². The number of benzene rings is 1. The number of thiophene rings is 1. The van der Waals surface area contributed by atoms with Crippen molar-refractivity contribution < 1.29 is 9.18 Å². The Kier molecular flexibility index (Phi) is 5.14. The molecule has 144 valence electrons. The first-order valence-electron chi connectivity index (χ1n) is 8.62. The number of carbonyl (C=O) groups is 1. The van der Waals surface area contributed by atoms with Crippen LogP contribution in [0.2, 0.25) is 0 Å². The molecule has 4 rings (SSSR count). The monoisotopic (exact) mass is 417 g/mol. The molecule has 0 aliphatic carbocycles. The van der Waals surface area contributed by atoms with Crippen LogP contribution in [0.3, 0.4) is 0 Å². The Hall–Kier alpha value is -2.72. The van der Waals surface area contributed by atoms with Crippen LogP contribution in [0.1, 0.15) is 13.3 Å². The number of hydrogen-bond acceptors (Lipinski definition) is 6. The van der Waals surface area contributed by atoms with Gasteiger partial charge in [0.05, 0.1) is 11.3 Å². The van der Waals surface area contributed by atoms with Crippen LogP contribution in [0.4, 0.5) is 10.1 Å². The first-order valence-corrected chi connectivity index (χ1v) is 10.5. The van der Waals surface area contributed by atoms with Crippen molar-refractivity contribution in [1.82, 2.24) is 19.2 Å². The summed E-state index contributed by atoms with van der Waals surface area (Å²) >= 11 is 2.59. The van der Waals surface area contributed by atoms with E-state index in [4.69, 9.17) is 0 Å². The molecule has 0 fully saturated rings. The molecule has 0 spiro atoms. The molecule has 0 aliphatic heterocycles. The van der Waals surface area contributed by atoms with Crippen LogP contribution in [0.15, 0.2) is 45.7 Å². The molecule has 0 saturated carbocycles. The normalized spacial score (nSPS) is 11.4. The largest absolute Gasteiger partial charge is 0.325 e. The topological polar surface area (TPSA) is 81.3 Å². The fourth-order valence-corrected chi connectivity index (χ4v) is 4.48. The van der Waals surface area contributed by atoms with Gasteiger partial charge in [-0.2, -0.15) is 0 Å². The third kappa shape index (κ3) is 3.40. The molecular formula is C18H16FN5O2S2. The predicted octanol–water partition coefficient (Wildman–Crippen LogP) is 3.39. The van der Waals surface area contributed by atoms with Gasteiger partial charge in [-0.05, 0) is 36.1 Å². The van der Waals surface area contributed by atoms with Gasteiger partial charge in [-0.15, -0.1) is 21.5 Å². The fraction of sp³-hybridized carbons (Fsp3) is 0.222. The quantitative estimate of drug-likeness (QED) is 0.487. The average molecular weight is 417 g/mol. The molecule has 3 aromatic heterocycles. The highest BCUT2D eigenvalue weighted by Crippen LogP contribution is 2.24. The summed E-state index contributed by atoms with van der Waals surface area (Å²) in [5, 5.41) is 13.4. The highest BCUT2D eigenvalue weighted by molar-refractivity contribution is 7.99. The molecule has 7 nitrogen and oxygen atoms in total. The molecule has 0 saturated heterocycles. The molecule has 0 atom stereocenters. The van der Waals surface area contributed by atoms with E-state index in [9.17, 15) is 14.0 Å². The molecule has 1 N–H and O–H groups in total. The van der Waals surface area contributed by atoms with E-state index in [1.807, 2.05) is 22.8 Å². The number of fused-ring (bicyclic) bond motifs is 3. The van der Waals surface area contributed by atoms with Crippen LogP contribution >= 0.6 is 23.1 Å². The highest BCUT2D eigenvalue weighted by Gasteiger charge is 2.18. The number of rotatable bonds is 6. The summed E-state index contributed by atoms with van der Waals surface area (Å²) in [6.07, 6.45) is 0.790. The lowest BCUT2D eigenvalue weighted by Crippen LogP contribution is -2.22. The van der Waals surface area contributed by atoms with Gasteiger partial charge in [0.1, 0.15) is 10.5 Å².